The summed E-state index contributed by atoms with van der Waals surface area (Å²) >= 11 is 0. The van der Waals surface area contributed by atoms with Crippen molar-refractivity contribution >= 4 is 5.91 Å². The molecule has 0 radical (unpaired) electrons. The Bertz CT molecular complexity index is 208. The Labute approximate surface area is 78.0 Å². The number of amides is 1. The van der Waals surface area contributed by atoms with Crippen molar-refractivity contribution in [2.24, 2.45) is 5.92 Å². The van der Waals surface area contributed by atoms with Crippen LogP contribution in [0.4, 0.5) is 0 Å². The zero-order valence-electron chi connectivity index (χ0n) is 7.93. The van der Waals surface area contributed by atoms with Crippen LogP contribution in [0.5, 0.6) is 0 Å². The van der Waals surface area contributed by atoms with Crippen LogP contribution in [0.25, 0.3) is 0 Å². The number of ether oxygens (including phenoxy) is 1. The third kappa shape index (κ3) is 1.56. The number of carbonyl (C=O) groups is 1. The molecule has 0 aromatic heterocycles. The SMILES string of the molecule is CC(=O)NC[C@@]12CNC[C@H]1CCO2. The highest BCUT2D eigenvalue weighted by Gasteiger charge is 2.47. The monoisotopic (exact) mass is 184 g/mol. The van der Waals surface area contributed by atoms with Crippen molar-refractivity contribution < 1.29 is 9.53 Å². The molecule has 0 unspecified atom stereocenters. The lowest BCUT2D eigenvalue weighted by molar-refractivity contribution is -0.120. The molecule has 2 fully saturated rings. The number of hydrogen-bond acceptors (Lipinski definition) is 3. The summed E-state index contributed by atoms with van der Waals surface area (Å²) in [6.45, 7) is 4.94. The van der Waals surface area contributed by atoms with E-state index in [-0.39, 0.29) is 11.5 Å². The van der Waals surface area contributed by atoms with E-state index < -0.39 is 0 Å². The molecule has 0 aromatic rings. The predicted octanol–water partition coefficient (Wildman–Crippen LogP) is -0.499. The molecule has 2 atom stereocenters. The van der Waals surface area contributed by atoms with Gasteiger partial charge in [-0.2, -0.15) is 0 Å². The average Bonchev–Trinajstić information content (AvgIpc) is 2.57. The van der Waals surface area contributed by atoms with Crippen LogP contribution in [-0.4, -0.2) is 37.7 Å². The van der Waals surface area contributed by atoms with Gasteiger partial charge in [-0.25, -0.2) is 0 Å². The van der Waals surface area contributed by atoms with E-state index in [1.807, 2.05) is 0 Å². The summed E-state index contributed by atoms with van der Waals surface area (Å²) in [5.74, 6) is 0.606. The number of carbonyl (C=O) groups excluding carboxylic acids is 1. The maximum atomic E-state index is 10.8. The number of fused-ring (bicyclic) bond motifs is 1. The predicted molar refractivity (Wildman–Crippen MR) is 48.3 cm³/mol. The van der Waals surface area contributed by atoms with Gasteiger partial charge in [-0.15, -0.1) is 0 Å². The Morgan fingerprint density at radius 2 is 2.62 bits per heavy atom. The highest BCUT2D eigenvalue weighted by molar-refractivity contribution is 5.72. The van der Waals surface area contributed by atoms with Crippen LogP contribution in [0.1, 0.15) is 13.3 Å². The first-order valence-corrected chi connectivity index (χ1v) is 4.82. The highest BCUT2D eigenvalue weighted by atomic mass is 16.5. The number of hydrogen-bond donors (Lipinski definition) is 2. The van der Waals surface area contributed by atoms with Crippen molar-refractivity contribution in [2.75, 3.05) is 26.2 Å². The summed E-state index contributed by atoms with van der Waals surface area (Å²) in [7, 11) is 0. The Balaban J connectivity index is 1.97. The quantitative estimate of drug-likeness (QED) is 0.608. The smallest absolute Gasteiger partial charge is 0.216 e. The van der Waals surface area contributed by atoms with Crippen LogP contribution < -0.4 is 10.6 Å². The molecule has 2 aliphatic heterocycles. The fraction of sp³-hybridized carbons (Fsp3) is 0.889. The second-order valence-corrected chi connectivity index (χ2v) is 3.94. The summed E-state index contributed by atoms with van der Waals surface area (Å²) in [6, 6.07) is 0. The second kappa shape index (κ2) is 3.27. The van der Waals surface area contributed by atoms with E-state index in [2.05, 4.69) is 10.6 Å². The first-order valence-electron chi connectivity index (χ1n) is 4.82. The third-order valence-electron chi connectivity index (χ3n) is 3.05. The maximum absolute atomic E-state index is 10.8. The molecule has 4 heteroatoms. The first-order chi connectivity index (χ1) is 6.23. The maximum Gasteiger partial charge on any atom is 0.216 e. The van der Waals surface area contributed by atoms with Gasteiger partial charge in [-0.05, 0) is 6.42 Å². The van der Waals surface area contributed by atoms with E-state index in [0.717, 1.165) is 26.1 Å². The molecule has 4 nitrogen and oxygen atoms in total. The molecule has 2 aliphatic rings. The molecular weight excluding hydrogens is 168 g/mol. The first kappa shape index (κ1) is 8.97. The average molecular weight is 184 g/mol. The zero-order chi connectivity index (χ0) is 9.31. The van der Waals surface area contributed by atoms with E-state index in [4.69, 9.17) is 4.74 Å². The van der Waals surface area contributed by atoms with Gasteiger partial charge in [-0.1, -0.05) is 0 Å². The van der Waals surface area contributed by atoms with Crippen molar-refractivity contribution in [3.63, 3.8) is 0 Å². The van der Waals surface area contributed by atoms with Crippen LogP contribution in [0.2, 0.25) is 0 Å². The molecule has 2 N–H and O–H groups in total. The van der Waals surface area contributed by atoms with Crippen molar-refractivity contribution in [1.82, 2.24) is 10.6 Å². The van der Waals surface area contributed by atoms with Crippen LogP contribution in [-0.2, 0) is 9.53 Å². The van der Waals surface area contributed by atoms with Crippen molar-refractivity contribution in [3.8, 4) is 0 Å². The van der Waals surface area contributed by atoms with E-state index in [1.165, 1.54) is 0 Å². The molecule has 74 valence electrons. The fourth-order valence-corrected chi connectivity index (χ4v) is 2.26. The second-order valence-electron chi connectivity index (χ2n) is 3.94. The molecule has 1 amide bonds. The summed E-state index contributed by atoms with van der Waals surface area (Å²) in [5.41, 5.74) is -0.105. The van der Waals surface area contributed by atoms with Gasteiger partial charge in [0.15, 0.2) is 0 Å². The van der Waals surface area contributed by atoms with E-state index in [9.17, 15) is 4.79 Å². The lowest BCUT2D eigenvalue weighted by Crippen LogP contribution is -2.47. The summed E-state index contributed by atoms with van der Waals surface area (Å²) in [5, 5.41) is 6.16. The largest absolute Gasteiger partial charge is 0.371 e. The minimum Gasteiger partial charge on any atom is -0.371 e. The van der Waals surface area contributed by atoms with Crippen molar-refractivity contribution in [2.45, 2.75) is 18.9 Å². The standard InChI is InChI=1S/C9H16N2O2/c1-7(12)11-6-9-5-10-4-8(9)2-3-13-9/h8,10H,2-6H2,1H3,(H,11,12)/t8-,9+/m1/s1. The molecule has 0 bridgehead atoms. The Morgan fingerprint density at radius 3 is 3.38 bits per heavy atom. The molecule has 2 heterocycles. The summed E-state index contributed by atoms with van der Waals surface area (Å²) in [6.07, 6.45) is 1.12. The Hall–Kier alpha value is -0.610. The molecule has 2 rings (SSSR count). The van der Waals surface area contributed by atoms with Gasteiger partial charge in [0.05, 0.1) is 0 Å². The molecule has 2 saturated heterocycles. The molecule has 0 saturated carbocycles. The van der Waals surface area contributed by atoms with Crippen molar-refractivity contribution in [1.29, 1.82) is 0 Å². The van der Waals surface area contributed by atoms with Crippen molar-refractivity contribution in [3.05, 3.63) is 0 Å². The van der Waals surface area contributed by atoms with E-state index >= 15 is 0 Å². The normalized spacial score (nSPS) is 37.5. The van der Waals surface area contributed by atoms with E-state index in [1.54, 1.807) is 6.92 Å². The Kier molecular flexibility index (Phi) is 2.26. The van der Waals surface area contributed by atoms with Gasteiger partial charge in [0, 0.05) is 39.1 Å². The summed E-state index contributed by atoms with van der Waals surface area (Å²) < 4.78 is 5.74. The van der Waals surface area contributed by atoms with Gasteiger partial charge < -0.3 is 15.4 Å². The van der Waals surface area contributed by atoms with Gasteiger partial charge in [0.25, 0.3) is 0 Å². The molecular formula is C9H16N2O2. The van der Waals surface area contributed by atoms with E-state index in [0.29, 0.717) is 12.5 Å². The Morgan fingerprint density at radius 1 is 1.77 bits per heavy atom. The lowest BCUT2D eigenvalue weighted by Gasteiger charge is -2.27. The molecule has 0 aliphatic carbocycles. The van der Waals surface area contributed by atoms with Gasteiger partial charge in [0.2, 0.25) is 5.91 Å². The highest BCUT2D eigenvalue weighted by Crippen LogP contribution is 2.34. The number of nitrogens with one attached hydrogen (secondary N) is 2. The van der Waals surface area contributed by atoms with Crippen LogP contribution >= 0.6 is 0 Å². The third-order valence-corrected chi connectivity index (χ3v) is 3.05. The van der Waals surface area contributed by atoms with Crippen LogP contribution in [0, 0.1) is 5.92 Å². The topological polar surface area (TPSA) is 50.4 Å². The zero-order valence-corrected chi connectivity index (χ0v) is 7.93. The fourth-order valence-electron chi connectivity index (χ4n) is 2.26. The minimum absolute atomic E-state index is 0.0236. The van der Waals surface area contributed by atoms with Gasteiger partial charge in [-0.3, -0.25) is 4.79 Å². The molecule has 0 aromatic carbocycles. The molecule has 13 heavy (non-hydrogen) atoms. The van der Waals surface area contributed by atoms with Crippen LogP contribution in [0.15, 0.2) is 0 Å². The lowest BCUT2D eigenvalue weighted by atomic mass is 9.91. The van der Waals surface area contributed by atoms with Crippen LogP contribution in [0.3, 0.4) is 0 Å². The summed E-state index contributed by atoms with van der Waals surface area (Å²) in [4.78, 5) is 10.8. The molecule has 0 spiro atoms. The minimum atomic E-state index is -0.105. The number of rotatable bonds is 2. The van der Waals surface area contributed by atoms with Gasteiger partial charge >= 0.3 is 0 Å². The van der Waals surface area contributed by atoms with Gasteiger partial charge in [0.1, 0.15) is 5.60 Å².